The van der Waals surface area contributed by atoms with Crippen molar-refractivity contribution in [2.75, 3.05) is 0 Å². The van der Waals surface area contributed by atoms with Gasteiger partial charge >= 0.3 is 5.63 Å². The van der Waals surface area contributed by atoms with Gasteiger partial charge in [-0.1, -0.05) is 23.4 Å². The summed E-state index contributed by atoms with van der Waals surface area (Å²) < 4.78 is 18.5. The van der Waals surface area contributed by atoms with Crippen molar-refractivity contribution in [3.05, 3.63) is 74.3 Å². The van der Waals surface area contributed by atoms with E-state index in [9.17, 15) is 9.18 Å². The maximum absolute atomic E-state index is 13.2. The van der Waals surface area contributed by atoms with Gasteiger partial charge in [-0.05, 0) is 60.9 Å². The van der Waals surface area contributed by atoms with Gasteiger partial charge in [-0.15, -0.1) is 0 Å². The van der Waals surface area contributed by atoms with Gasteiger partial charge in [0, 0.05) is 17.2 Å². The molecule has 7 heteroatoms. The van der Waals surface area contributed by atoms with Crippen LogP contribution in [-0.2, 0) is 5.75 Å². The monoisotopic (exact) mass is 390 g/mol. The highest BCUT2D eigenvalue weighted by molar-refractivity contribution is 8.13. The first-order valence-corrected chi connectivity index (χ1v) is 9.16. The first kappa shape index (κ1) is 18.5. The molecule has 0 aliphatic heterocycles. The van der Waals surface area contributed by atoms with E-state index in [1.54, 1.807) is 0 Å². The van der Waals surface area contributed by atoms with E-state index < -0.39 is 11.4 Å². The van der Waals surface area contributed by atoms with Crippen LogP contribution >= 0.6 is 23.4 Å². The van der Waals surface area contributed by atoms with Crippen molar-refractivity contribution in [3.8, 4) is 0 Å². The molecular weight excluding hydrogens is 375 g/mol. The number of fused-ring (bicyclic) bond motifs is 1. The van der Waals surface area contributed by atoms with Gasteiger partial charge in [0.25, 0.3) is 0 Å². The van der Waals surface area contributed by atoms with Gasteiger partial charge in [-0.3, -0.25) is 0 Å². The van der Waals surface area contributed by atoms with Gasteiger partial charge in [0.15, 0.2) is 5.17 Å². The van der Waals surface area contributed by atoms with Crippen LogP contribution in [0.1, 0.15) is 16.7 Å². The second kappa shape index (κ2) is 7.51. The van der Waals surface area contributed by atoms with Crippen LogP contribution in [0.25, 0.3) is 11.0 Å². The zero-order chi connectivity index (χ0) is 18.8. The van der Waals surface area contributed by atoms with Crippen LogP contribution < -0.4 is 11.4 Å². The van der Waals surface area contributed by atoms with Crippen LogP contribution in [0.5, 0.6) is 0 Å². The molecule has 0 saturated heterocycles. The largest absolute Gasteiger partial charge is 0.423 e. The molecule has 2 N–H and O–H groups in total. The van der Waals surface area contributed by atoms with E-state index in [0.717, 1.165) is 22.1 Å². The molecular formula is C19H16ClFN2O2S. The Balaban J connectivity index is 1.87. The molecule has 0 spiro atoms. The summed E-state index contributed by atoms with van der Waals surface area (Å²) in [6.45, 7) is 3.97. The first-order chi connectivity index (χ1) is 12.3. The van der Waals surface area contributed by atoms with Gasteiger partial charge in [0.2, 0.25) is 0 Å². The zero-order valence-corrected chi connectivity index (χ0v) is 15.7. The van der Waals surface area contributed by atoms with E-state index >= 15 is 0 Å². The van der Waals surface area contributed by atoms with Crippen molar-refractivity contribution < 1.29 is 8.81 Å². The van der Waals surface area contributed by atoms with E-state index in [1.165, 1.54) is 36.0 Å². The molecule has 0 unspecified atom stereocenters. The zero-order valence-electron chi connectivity index (χ0n) is 14.2. The van der Waals surface area contributed by atoms with E-state index in [0.29, 0.717) is 17.0 Å². The predicted octanol–water partition coefficient (Wildman–Crippen LogP) is 5.08. The number of nitrogens with zero attached hydrogens (tertiary/aromatic N) is 1. The quantitative estimate of drug-likeness (QED) is 0.384. The smallest absolute Gasteiger partial charge is 0.336 e. The number of rotatable bonds is 3. The lowest BCUT2D eigenvalue weighted by Crippen LogP contribution is -2.07. The lowest BCUT2D eigenvalue weighted by atomic mass is 10.0. The maximum Gasteiger partial charge on any atom is 0.336 e. The second-order valence-corrected chi connectivity index (χ2v) is 7.26. The van der Waals surface area contributed by atoms with Crippen LogP contribution in [0.2, 0.25) is 5.02 Å². The number of amidine groups is 1. The third-order valence-corrected chi connectivity index (χ3v) is 5.09. The summed E-state index contributed by atoms with van der Waals surface area (Å²) in [5, 5.41) is 1.15. The summed E-state index contributed by atoms with van der Waals surface area (Å²) in [5.41, 5.74) is 9.55. The summed E-state index contributed by atoms with van der Waals surface area (Å²) in [6, 6.07) is 9.46. The number of halogens is 2. The van der Waals surface area contributed by atoms with Crippen LogP contribution in [0.15, 0.2) is 50.6 Å². The number of aryl methyl sites for hydroxylation is 2. The normalized spacial score (nSPS) is 11.9. The number of nitrogens with two attached hydrogens (primary N) is 1. The number of hydrogen-bond donors (Lipinski definition) is 1. The number of benzene rings is 2. The molecule has 26 heavy (non-hydrogen) atoms. The Bertz CT molecular complexity index is 1080. The molecule has 0 atom stereocenters. The molecule has 4 nitrogen and oxygen atoms in total. The highest BCUT2D eigenvalue weighted by atomic mass is 35.5. The predicted molar refractivity (Wildman–Crippen MR) is 106 cm³/mol. The number of aliphatic imine (C=N–C) groups is 1. The molecule has 0 radical (unpaired) electrons. The van der Waals surface area contributed by atoms with Crippen LogP contribution in [-0.4, -0.2) is 5.17 Å². The molecule has 0 saturated carbocycles. The molecule has 0 amide bonds. The van der Waals surface area contributed by atoms with Crippen molar-refractivity contribution >= 4 is 45.2 Å². The molecule has 0 aliphatic rings. The Morgan fingerprint density at radius 3 is 2.69 bits per heavy atom. The summed E-state index contributed by atoms with van der Waals surface area (Å²) in [6.07, 6.45) is 0. The van der Waals surface area contributed by atoms with Crippen molar-refractivity contribution in [2.24, 2.45) is 10.7 Å². The molecule has 1 aromatic heterocycles. The third kappa shape index (κ3) is 4.08. The Kier molecular flexibility index (Phi) is 5.34. The molecule has 3 rings (SSSR count). The van der Waals surface area contributed by atoms with Crippen molar-refractivity contribution in [2.45, 2.75) is 19.6 Å². The Labute approximate surface area is 158 Å². The standard InChI is InChI=1S/C19H16ClFN2O2S/c1-10-5-14-12(7-18(24)25-17(14)6-11(10)2)9-26-19(22)23-13-3-4-16(21)15(20)8-13/h3-8H,9H2,1-2H3,(H2,22,23). The fraction of sp³-hybridized carbons (Fsp3) is 0.158. The lowest BCUT2D eigenvalue weighted by molar-refractivity contribution is 0.559. The Hall–Kier alpha value is -2.31. The topological polar surface area (TPSA) is 68.6 Å². The van der Waals surface area contributed by atoms with Crippen molar-refractivity contribution in [1.82, 2.24) is 0 Å². The molecule has 0 bridgehead atoms. The highest BCUT2D eigenvalue weighted by Gasteiger charge is 2.09. The molecule has 0 aliphatic carbocycles. The fourth-order valence-electron chi connectivity index (χ4n) is 2.47. The highest BCUT2D eigenvalue weighted by Crippen LogP contribution is 2.26. The molecule has 2 aromatic carbocycles. The van der Waals surface area contributed by atoms with Gasteiger partial charge in [0.05, 0.1) is 10.7 Å². The molecule has 134 valence electrons. The minimum Gasteiger partial charge on any atom is -0.423 e. The summed E-state index contributed by atoms with van der Waals surface area (Å²) >= 11 is 7.02. The van der Waals surface area contributed by atoms with E-state index in [-0.39, 0.29) is 10.2 Å². The van der Waals surface area contributed by atoms with E-state index in [2.05, 4.69) is 4.99 Å². The fourth-order valence-corrected chi connectivity index (χ4v) is 3.36. The van der Waals surface area contributed by atoms with Crippen LogP contribution in [0, 0.1) is 19.7 Å². The van der Waals surface area contributed by atoms with Crippen molar-refractivity contribution in [1.29, 1.82) is 0 Å². The summed E-state index contributed by atoms with van der Waals surface area (Å²) in [4.78, 5) is 16.0. The minimum atomic E-state index is -0.509. The minimum absolute atomic E-state index is 0.0124. The lowest BCUT2D eigenvalue weighted by Gasteiger charge is -2.08. The third-order valence-electron chi connectivity index (χ3n) is 3.96. The SMILES string of the molecule is Cc1cc2oc(=O)cc(CSC(N)=Nc3ccc(F)c(Cl)c3)c2cc1C. The van der Waals surface area contributed by atoms with E-state index in [1.807, 2.05) is 26.0 Å². The number of hydrogen-bond acceptors (Lipinski definition) is 4. The Morgan fingerprint density at radius 2 is 1.96 bits per heavy atom. The van der Waals surface area contributed by atoms with Gasteiger partial charge in [-0.25, -0.2) is 14.2 Å². The van der Waals surface area contributed by atoms with Gasteiger partial charge < -0.3 is 10.2 Å². The number of thioether (sulfide) groups is 1. The van der Waals surface area contributed by atoms with Crippen LogP contribution in [0.4, 0.5) is 10.1 Å². The first-order valence-electron chi connectivity index (χ1n) is 7.79. The molecule has 1 heterocycles. The second-order valence-electron chi connectivity index (χ2n) is 5.86. The van der Waals surface area contributed by atoms with Crippen LogP contribution in [0.3, 0.4) is 0 Å². The summed E-state index contributed by atoms with van der Waals surface area (Å²) in [5.74, 6) is -0.0560. The molecule has 3 aromatic rings. The summed E-state index contributed by atoms with van der Waals surface area (Å²) in [7, 11) is 0. The van der Waals surface area contributed by atoms with Crippen molar-refractivity contribution in [3.63, 3.8) is 0 Å². The van der Waals surface area contributed by atoms with Gasteiger partial charge in [0.1, 0.15) is 11.4 Å². The maximum atomic E-state index is 13.2. The molecule has 0 fully saturated rings. The van der Waals surface area contributed by atoms with Gasteiger partial charge in [-0.2, -0.15) is 0 Å². The Morgan fingerprint density at radius 1 is 1.23 bits per heavy atom. The average molecular weight is 391 g/mol. The van der Waals surface area contributed by atoms with E-state index in [4.69, 9.17) is 21.8 Å². The average Bonchev–Trinajstić information content (AvgIpc) is 2.57.